The van der Waals surface area contributed by atoms with Crippen LogP contribution in [-0.2, 0) is 6.42 Å². The Labute approximate surface area is 97.0 Å². The highest BCUT2D eigenvalue weighted by molar-refractivity contribution is 5.22. The molecule has 1 aliphatic heterocycles. The van der Waals surface area contributed by atoms with Gasteiger partial charge in [0.05, 0.1) is 5.69 Å². The molecule has 2 aliphatic rings. The summed E-state index contributed by atoms with van der Waals surface area (Å²) in [5, 5.41) is 0. The zero-order valence-corrected chi connectivity index (χ0v) is 10.1. The fourth-order valence-electron chi connectivity index (χ4n) is 3.12. The Morgan fingerprint density at radius 3 is 2.75 bits per heavy atom. The van der Waals surface area contributed by atoms with Gasteiger partial charge in [-0.1, -0.05) is 6.42 Å². The smallest absolute Gasteiger partial charge is 0.112 e. The molecule has 16 heavy (non-hydrogen) atoms. The summed E-state index contributed by atoms with van der Waals surface area (Å²) in [6.45, 7) is 2.93. The van der Waals surface area contributed by atoms with Gasteiger partial charge in [-0.05, 0) is 39.0 Å². The Bertz CT molecular complexity index is 390. The molecule has 1 fully saturated rings. The van der Waals surface area contributed by atoms with Gasteiger partial charge in [0, 0.05) is 24.2 Å². The third-order valence-electron chi connectivity index (χ3n) is 4.30. The molecule has 0 amide bonds. The fraction of sp³-hybridized carbons (Fsp3) is 0.769. The monoisotopic (exact) mass is 219 g/mol. The second-order valence-electron chi connectivity index (χ2n) is 5.28. The van der Waals surface area contributed by atoms with E-state index in [2.05, 4.69) is 11.5 Å². The third kappa shape index (κ3) is 1.41. The number of aromatic nitrogens is 2. The van der Waals surface area contributed by atoms with E-state index in [1.165, 1.54) is 55.7 Å². The van der Waals surface area contributed by atoms with Crippen LogP contribution < -0.4 is 5.73 Å². The van der Waals surface area contributed by atoms with Crippen LogP contribution in [0.2, 0.25) is 0 Å². The minimum absolute atomic E-state index is 0.514. The second kappa shape index (κ2) is 3.88. The van der Waals surface area contributed by atoms with Gasteiger partial charge in [-0.25, -0.2) is 4.98 Å². The molecule has 1 aromatic rings. The van der Waals surface area contributed by atoms with Crippen molar-refractivity contribution in [3.63, 3.8) is 0 Å². The van der Waals surface area contributed by atoms with E-state index in [1.54, 1.807) is 0 Å². The Morgan fingerprint density at radius 1 is 1.31 bits per heavy atom. The highest BCUT2D eigenvalue weighted by Gasteiger charge is 2.31. The average Bonchev–Trinajstić information content (AvgIpc) is 2.54. The SMILES string of the molecule is Cc1nc(C2CCC2)n2c1CCCC2CN. The standard InChI is InChI=1S/C13H21N3/c1-9-12-7-3-6-11(8-14)16(12)13(15-9)10-4-2-5-10/h10-11H,2-8,14H2,1H3. The third-order valence-corrected chi connectivity index (χ3v) is 4.30. The number of rotatable bonds is 2. The van der Waals surface area contributed by atoms with Gasteiger partial charge in [-0.3, -0.25) is 0 Å². The molecular formula is C13H21N3. The van der Waals surface area contributed by atoms with Crippen LogP contribution in [0.5, 0.6) is 0 Å². The van der Waals surface area contributed by atoms with Crippen molar-refractivity contribution in [1.82, 2.24) is 9.55 Å². The summed E-state index contributed by atoms with van der Waals surface area (Å²) >= 11 is 0. The maximum atomic E-state index is 5.91. The van der Waals surface area contributed by atoms with Crippen molar-refractivity contribution < 1.29 is 0 Å². The molecular weight excluding hydrogens is 198 g/mol. The van der Waals surface area contributed by atoms with Crippen LogP contribution in [-0.4, -0.2) is 16.1 Å². The molecule has 1 atom stereocenters. The first kappa shape index (κ1) is 10.3. The van der Waals surface area contributed by atoms with Gasteiger partial charge >= 0.3 is 0 Å². The number of fused-ring (bicyclic) bond motifs is 1. The van der Waals surface area contributed by atoms with Crippen molar-refractivity contribution in [2.24, 2.45) is 5.73 Å². The van der Waals surface area contributed by atoms with Gasteiger partial charge < -0.3 is 10.3 Å². The van der Waals surface area contributed by atoms with E-state index in [0.717, 1.165) is 12.5 Å². The summed E-state index contributed by atoms with van der Waals surface area (Å²) in [4.78, 5) is 4.82. The van der Waals surface area contributed by atoms with E-state index in [0.29, 0.717) is 6.04 Å². The van der Waals surface area contributed by atoms with E-state index in [9.17, 15) is 0 Å². The molecule has 0 bridgehead atoms. The van der Waals surface area contributed by atoms with Gasteiger partial charge in [0.25, 0.3) is 0 Å². The van der Waals surface area contributed by atoms with Crippen LogP contribution in [0.4, 0.5) is 0 Å². The molecule has 2 heterocycles. The quantitative estimate of drug-likeness (QED) is 0.829. The molecule has 1 aliphatic carbocycles. The molecule has 3 nitrogen and oxygen atoms in total. The van der Waals surface area contributed by atoms with Crippen LogP contribution in [0.3, 0.4) is 0 Å². The summed E-state index contributed by atoms with van der Waals surface area (Å²) in [6.07, 6.45) is 7.74. The first-order valence-electron chi connectivity index (χ1n) is 6.59. The zero-order valence-electron chi connectivity index (χ0n) is 10.1. The van der Waals surface area contributed by atoms with Gasteiger partial charge in [-0.2, -0.15) is 0 Å². The van der Waals surface area contributed by atoms with Crippen molar-refractivity contribution in [1.29, 1.82) is 0 Å². The largest absolute Gasteiger partial charge is 0.328 e. The zero-order chi connectivity index (χ0) is 11.1. The predicted molar refractivity (Wildman–Crippen MR) is 64.6 cm³/mol. The Hall–Kier alpha value is -0.830. The number of nitrogens with two attached hydrogens (primary N) is 1. The van der Waals surface area contributed by atoms with Crippen molar-refractivity contribution in [3.05, 3.63) is 17.2 Å². The van der Waals surface area contributed by atoms with Gasteiger partial charge in [-0.15, -0.1) is 0 Å². The molecule has 2 N–H and O–H groups in total. The molecule has 0 radical (unpaired) electrons. The minimum Gasteiger partial charge on any atom is -0.328 e. The van der Waals surface area contributed by atoms with E-state index in [1.807, 2.05) is 0 Å². The van der Waals surface area contributed by atoms with Gasteiger partial charge in [0.15, 0.2) is 0 Å². The van der Waals surface area contributed by atoms with E-state index in [4.69, 9.17) is 10.7 Å². The highest BCUT2D eigenvalue weighted by Crippen LogP contribution is 2.39. The van der Waals surface area contributed by atoms with Crippen molar-refractivity contribution >= 4 is 0 Å². The maximum Gasteiger partial charge on any atom is 0.112 e. The molecule has 0 spiro atoms. The first-order chi connectivity index (χ1) is 7.81. The van der Waals surface area contributed by atoms with Crippen LogP contribution in [0.15, 0.2) is 0 Å². The van der Waals surface area contributed by atoms with Crippen LogP contribution in [0, 0.1) is 6.92 Å². The van der Waals surface area contributed by atoms with Crippen LogP contribution in [0.1, 0.15) is 61.3 Å². The Morgan fingerprint density at radius 2 is 2.12 bits per heavy atom. The van der Waals surface area contributed by atoms with E-state index < -0.39 is 0 Å². The number of hydrogen-bond donors (Lipinski definition) is 1. The summed E-state index contributed by atoms with van der Waals surface area (Å²) in [5.41, 5.74) is 8.62. The molecule has 3 heteroatoms. The number of aryl methyl sites for hydroxylation is 1. The maximum absolute atomic E-state index is 5.91. The molecule has 0 saturated heterocycles. The molecule has 1 unspecified atom stereocenters. The Kier molecular flexibility index (Phi) is 2.51. The number of imidazole rings is 1. The molecule has 0 aromatic carbocycles. The average molecular weight is 219 g/mol. The molecule has 88 valence electrons. The molecule has 3 rings (SSSR count). The Balaban J connectivity index is 2.04. The summed E-state index contributed by atoms with van der Waals surface area (Å²) in [5.74, 6) is 2.06. The second-order valence-corrected chi connectivity index (χ2v) is 5.28. The minimum atomic E-state index is 0.514. The van der Waals surface area contributed by atoms with Gasteiger partial charge in [0.2, 0.25) is 0 Å². The summed E-state index contributed by atoms with van der Waals surface area (Å²) in [7, 11) is 0. The first-order valence-corrected chi connectivity index (χ1v) is 6.59. The summed E-state index contributed by atoms with van der Waals surface area (Å²) < 4.78 is 2.49. The van der Waals surface area contributed by atoms with Crippen LogP contribution in [0.25, 0.3) is 0 Å². The number of nitrogens with zero attached hydrogens (tertiary/aromatic N) is 2. The summed E-state index contributed by atoms with van der Waals surface area (Å²) in [6, 6.07) is 0.514. The number of hydrogen-bond acceptors (Lipinski definition) is 2. The lowest BCUT2D eigenvalue weighted by atomic mass is 9.84. The topological polar surface area (TPSA) is 43.8 Å². The van der Waals surface area contributed by atoms with E-state index >= 15 is 0 Å². The lowest BCUT2D eigenvalue weighted by Gasteiger charge is -2.31. The van der Waals surface area contributed by atoms with Gasteiger partial charge in [0.1, 0.15) is 5.82 Å². The van der Waals surface area contributed by atoms with E-state index in [-0.39, 0.29) is 0 Å². The molecule has 1 saturated carbocycles. The lowest BCUT2D eigenvalue weighted by molar-refractivity contribution is 0.341. The van der Waals surface area contributed by atoms with Crippen molar-refractivity contribution in [3.8, 4) is 0 Å². The normalized spacial score (nSPS) is 25.2. The highest BCUT2D eigenvalue weighted by atomic mass is 15.1. The van der Waals surface area contributed by atoms with Crippen molar-refractivity contribution in [2.75, 3.05) is 6.54 Å². The molecule has 1 aromatic heterocycles. The van der Waals surface area contributed by atoms with Crippen molar-refractivity contribution in [2.45, 2.75) is 57.4 Å². The predicted octanol–water partition coefficient (Wildman–Crippen LogP) is 2.30. The fourth-order valence-corrected chi connectivity index (χ4v) is 3.12. The van der Waals surface area contributed by atoms with Crippen LogP contribution >= 0.6 is 0 Å². The lowest BCUT2D eigenvalue weighted by Crippen LogP contribution is -2.28.